The third kappa shape index (κ3) is 2.93. The van der Waals surface area contributed by atoms with Gasteiger partial charge in [0.05, 0.1) is 16.3 Å². The van der Waals surface area contributed by atoms with Gasteiger partial charge in [-0.25, -0.2) is 13.6 Å². The van der Waals surface area contributed by atoms with Crippen molar-refractivity contribution in [3.63, 3.8) is 0 Å². The SMILES string of the molecule is NS(=O)(=O)c1ccc(-n2nc(-c3ccc4c(c3)OCO4)ccc2=O)cc1. The Hall–Kier alpha value is -3.17. The lowest BCUT2D eigenvalue weighted by atomic mass is 10.1. The molecule has 0 fully saturated rings. The van der Waals surface area contributed by atoms with Crippen LogP contribution in [0.5, 0.6) is 11.5 Å². The standard InChI is InChI=1S/C17H13N3O5S/c18-26(22,23)13-4-2-12(3-5-13)20-17(21)8-6-14(19-20)11-1-7-15-16(9-11)25-10-24-15/h1-9H,10H2,(H2,18,22,23). The Morgan fingerprint density at radius 1 is 0.962 bits per heavy atom. The van der Waals surface area contributed by atoms with Crippen LogP contribution in [-0.4, -0.2) is 25.0 Å². The molecule has 1 aliphatic rings. The number of nitrogens with zero attached hydrogens (tertiary/aromatic N) is 2. The summed E-state index contributed by atoms with van der Waals surface area (Å²) in [6, 6.07) is 14.0. The average Bonchev–Trinajstić information content (AvgIpc) is 3.09. The van der Waals surface area contributed by atoms with Crippen LogP contribution in [0.3, 0.4) is 0 Å². The lowest BCUT2D eigenvalue weighted by molar-refractivity contribution is 0.174. The van der Waals surface area contributed by atoms with Crippen molar-refractivity contribution in [2.75, 3.05) is 6.79 Å². The number of hydrogen-bond donors (Lipinski definition) is 1. The Morgan fingerprint density at radius 2 is 1.69 bits per heavy atom. The fraction of sp³-hybridized carbons (Fsp3) is 0.0588. The first-order valence-electron chi connectivity index (χ1n) is 7.55. The van der Waals surface area contributed by atoms with Crippen LogP contribution in [0.15, 0.2) is 64.3 Å². The van der Waals surface area contributed by atoms with E-state index in [-0.39, 0.29) is 17.2 Å². The van der Waals surface area contributed by atoms with Crippen molar-refractivity contribution in [1.82, 2.24) is 9.78 Å². The molecule has 2 N–H and O–H groups in total. The van der Waals surface area contributed by atoms with Gasteiger partial charge in [0.25, 0.3) is 5.56 Å². The molecular weight excluding hydrogens is 358 g/mol. The highest BCUT2D eigenvalue weighted by Crippen LogP contribution is 2.35. The molecule has 0 spiro atoms. The van der Waals surface area contributed by atoms with Crippen molar-refractivity contribution >= 4 is 10.0 Å². The molecule has 2 aromatic carbocycles. The summed E-state index contributed by atoms with van der Waals surface area (Å²) < 4.78 is 34.5. The molecule has 0 saturated carbocycles. The van der Waals surface area contributed by atoms with Gasteiger partial charge in [-0.15, -0.1) is 0 Å². The van der Waals surface area contributed by atoms with Gasteiger partial charge in [-0.1, -0.05) is 0 Å². The summed E-state index contributed by atoms with van der Waals surface area (Å²) >= 11 is 0. The number of sulfonamides is 1. The first kappa shape index (κ1) is 16.3. The second-order valence-corrected chi connectivity index (χ2v) is 7.14. The minimum absolute atomic E-state index is 0.0405. The minimum Gasteiger partial charge on any atom is -0.454 e. The van der Waals surface area contributed by atoms with Crippen molar-refractivity contribution in [2.24, 2.45) is 5.14 Å². The summed E-state index contributed by atoms with van der Waals surface area (Å²) in [6.45, 7) is 0.169. The van der Waals surface area contributed by atoms with E-state index in [0.29, 0.717) is 22.9 Å². The summed E-state index contributed by atoms with van der Waals surface area (Å²) in [5, 5.41) is 9.44. The van der Waals surface area contributed by atoms with E-state index < -0.39 is 10.0 Å². The number of rotatable bonds is 3. The van der Waals surface area contributed by atoms with Gasteiger partial charge in [0.2, 0.25) is 16.8 Å². The topological polar surface area (TPSA) is 114 Å². The lowest BCUT2D eigenvalue weighted by Crippen LogP contribution is -2.20. The van der Waals surface area contributed by atoms with E-state index in [1.54, 1.807) is 18.2 Å². The molecule has 0 unspecified atom stereocenters. The van der Waals surface area contributed by atoms with Gasteiger partial charge in [-0.2, -0.15) is 9.78 Å². The third-order valence-electron chi connectivity index (χ3n) is 3.88. The molecule has 1 aliphatic heterocycles. The zero-order valence-corrected chi connectivity index (χ0v) is 14.1. The minimum atomic E-state index is -3.80. The Bertz CT molecular complexity index is 1150. The molecule has 0 radical (unpaired) electrons. The van der Waals surface area contributed by atoms with E-state index in [1.807, 2.05) is 6.07 Å². The average molecular weight is 371 g/mol. The summed E-state index contributed by atoms with van der Waals surface area (Å²) in [5.41, 5.74) is 1.38. The van der Waals surface area contributed by atoms with Crippen molar-refractivity contribution in [3.8, 4) is 28.4 Å². The van der Waals surface area contributed by atoms with E-state index in [1.165, 1.54) is 35.0 Å². The van der Waals surface area contributed by atoms with Crippen LogP contribution in [-0.2, 0) is 10.0 Å². The van der Waals surface area contributed by atoms with Crippen LogP contribution in [0.2, 0.25) is 0 Å². The number of fused-ring (bicyclic) bond motifs is 1. The molecule has 9 heteroatoms. The van der Waals surface area contributed by atoms with Crippen LogP contribution < -0.4 is 20.2 Å². The van der Waals surface area contributed by atoms with Gasteiger partial charge in [0.1, 0.15) is 0 Å². The van der Waals surface area contributed by atoms with E-state index in [4.69, 9.17) is 14.6 Å². The highest BCUT2D eigenvalue weighted by molar-refractivity contribution is 7.89. The maximum absolute atomic E-state index is 12.2. The smallest absolute Gasteiger partial charge is 0.271 e. The second-order valence-electron chi connectivity index (χ2n) is 5.58. The van der Waals surface area contributed by atoms with Gasteiger partial charge in [0, 0.05) is 11.6 Å². The largest absolute Gasteiger partial charge is 0.454 e. The summed E-state index contributed by atoms with van der Waals surface area (Å²) in [7, 11) is -3.80. The number of ether oxygens (including phenoxy) is 2. The normalized spacial score (nSPS) is 13.0. The predicted octanol–water partition coefficient (Wildman–Crippen LogP) is 1.28. The Balaban J connectivity index is 1.76. The molecule has 0 amide bonds. The number of benzene rings is 2. The van der Waals surface area contributed by atoms with E-state index >= 15 is 0 Å². The van der Waals surface area contributed by atoms with E-state index in [0.717, 1.165) is 5.56 Å². The maximum Gasteiger partial charge on any atom is 0.271 e. The van der Waals surface area contributed by atoms with Gasteiger partial charge < -0.3 is 9.47 Å². The summed E-state index contributed by atoms with van der Waals surface area (Å²) in [5.74, 6) is 1.26. The predicted molar refractivity (Wildman–Crippen MR) is 92.8 cm³/mol. The Morgan fingerprint density at radius 3 is 2.42 bits per heavy atom. The van der Waals surface area contributed by atoms with Gasteiger partial charge in [-0.3, -0.25) is 4.79 Å². The molecule has 0 bridgehead atoms. The molecule has 1 aromatic heterocycles. The van der Waals surface area contributed by atoms with E-state index in [2.05, 4.69) is 5.10 Å². The zero-order valence-electron chi connectivity index (χ0n) is 13.3. The highest BCUT2D eigenvalue weighted by atomic mass is 32.2. The molecular formula is C17H13N3O5S. The molecule has 26 heavy (non-hydrogen) atoms. The van der Waals surface area contributed by atoms with Gasteiger partial charge in [0.15, 0.2) is 11.5 Å². The number of nitrogens with two attached hydrogens (primary N) is 1. The molecule has 2 heterocycles. The number of primary sulfonamides is 1. The zero-order chi connectivity index (χ0) is 18.3. The van der Waals surface area contributed by atoms with Crippen LogP contribution >= 0.6 is 0 Å². The van der Waals surface area contributed by atoms with Crippen LogP contribution in [0.25, 0.3) is 16.9 Å². The van der Waals surface area contributed by atoms with Crippen LogP contribution in [0.1, 0.15) is 0 Å². The fourth-order valence-electron chi connectivity index (χ4n) is 2.58. The molecule has 4 rings (SSSR count). The lowest BCUT2D eigenvalue weighted by Gasteiger charge is -2.08. The van der Waals surface area contributed by atoms with Crippen molar-refractivity contribution in [1.29, 1.82) is 0 Å². The van der Waals surface area contributed by atoms with Crippen molar-refractivity contribution < 1.29 is 17.9 Å². The fourth-order valence-corrected chi connectivity index (χ4v) is 3.10. The highest BCUT2D eigenvalue weighted by Gasteiger charge is 2.15. The van der Waals surface area contributed by atoms with Crippen molar-refractivity contribution in [3.05, 3.63) is 65.0 Å². The molecule has 132 valence electrons. The van der Waals surface area contributed by atoms with Crippen LogP contribution in [0.4, 0.5) is 0 Å². The maximum atomic E-state index is 12.2. The van der Waals surface area contributed by atoms with Crippen LogP contribution in [0, 0.1) is 0 Å². The number of aromatic nitrogens is 2. The number of hydrogen-bond acceptors (Lipinski definition) is 6. The second kappa shape index (κ2) is 5.97. The molecule has 8 nitrogen and oxygen atoms in total. The first-order chi connectivity index (χ1) is 12.4. The summed E-state index contributed by atoms with van der Waals surface area (Å²) in [6.07, 6.45) is 0. The molecule has 0 aliphatic carbocycles. The first-order valence-corrected chi connectivity index (χ1v) is 9.10. The van der Waals surface area contributed by atoms with Gasteiger partial charge in [-0.05, 0) is 48.5 Å². The molecule has 3 aromatic rings. The quantitative estimate of drug-likeness (QED) is 0.742. The Kier molecular flexibility index (Phi) is 3.74. The monoisotopic (exact) mass is 371 g/mol. The summed E-state index contributed by atoms with van der Waals surface area (Å²) in [4.78, 5) is 12.1. The van der Waals surface area contributed by atoms with E-state index in [9.17, 15) is 13.2 Å². The molecule has 0 saturated heterocycles. The Labute approximate surface area is 148 Å². The van der Waals surface area contributed by atoms with Gasteiger partial charge >= 0.3 is 0 Å². The molecule has 0 atom stereocenters. The van der Waals surface area contributed by atoms with Crippen molar-refractivity contribution in [2.45, 2.75) is 4.90 Å². The third-order valence-corrected chi connectivity index (χ3v) is 4.81.